The highest BCUT2D eigenvalue weighted by Gasteiger charge is 2.09. The Balaban J connectivity index is 2.87. The first-order chi connectivity index (χ1) is 6.24. The van der Waals surface area contributed by atoms with Crippen LogP contribution in [0.2, 0.25) is 0 Å². The molecule has 0 radical (unpaired) electrons. The SMILES string of the molecule is Oc1cc(CBr)c2ccsc2c1Br. The second-order valence-electron chi connectivity index (χ2n) is 2.67. The van der Waals surface area contributed by atoms with Crippen molar-refractivity contribution in [1.82, 2.24) is 0 Å². The molecule has 0 amide bonds. The molecule has 1 heterocycles. The highest BCUT2D eigenvalue weighted by atomic mass is 79.9. The first-order valence-corrected chi connectivity index (χ1v) is 6.47. The van der Waals surface area contributed by atoms with Gasteiger partial charge in [-0.3, -0.25) is 0 Å². The number of halogens is 2. The van der Waals surface area contributed by atoms with E-state index in [1.54, 1.807) is 17.4 Å². The Morgan fingerprint density at radius 2 is 2.23 bits per heavy atom. The number of thiophene rings is 1. The van der Waals surface area contributed by atoms with Crippen LogP contribution in [-0.2, 0) is 5.33 Å². The van der Waals surface area contributed by atoms with Crippen LogP contribution in [-0.4, -0.2) is 5.11 Å². The van der Waals surface area contributed by atoms with Crippen LogP contribution < -0.4 is 0 Å². The smallest absolute Gasteiger partial charge is 0.131 e. The van der Waals surface area contributed by atoms with Crippen molar-refractivity contribution in [3.8, 4) is 5.75 Å². The van der Waals surface area contributed by atoms with Gasteiger partial charge in [0.2, 0.25) is 0 Å². The number of rotatable bonds is 1. The molecule has 2 aromatic rings. The summed E-state index contributed by atoms with van der Waals surface area (Å²) in [4.78, 5) is 0. The van der Waals surface area contributed by atoms with Crippen molar-refractivity contribution in [2.24, 2.45) is 0 Å². The summed E-state index contributed by atoms with van der Waals surface area (Å²) in [6.07, 6.45) is 0. The van der Waals surface area contributed by atoms with Gasteiger partial charge in [0.25, 0.3) is 0 Å². The van der Waals surface area contributed by atoms with Gasteiger partial charge in [0.05, 0.1) is 9.17 Å². The fourth-order valence-corrected chi connectivity index (χ4v) is 3.21. The molecule has 0 fully saturated rings. The zero-order chi connectivity index (χ0) is 9.42. The fraction of sp³-hybridized carbons (Fsp3) is 0.111. The van der Waals surface area contributed by atoms with E-state index >= 15 is 0 Å². The van der Waals surface area contributed by atoms with Crippen molar-refractivity contribution < 1.29 is 5.11 Å². The van der Waals surface area contributed by atoms with Crippen LogP contribution in [0.3, 0.4) is 0 Å². The highest BCUT2D eigenvalue weighted by Crippen LogP contribution is 2.38. The molecule has 1 N–H and O–H groups in total. The first-order valence-electron chi connectivity index (χ1n) is 3.67. The molecule has 4 heteroatoms. The van der Waals surface area contributed by atoms with Gasteiger partial charge in [-0.2, -0.15) is 0 Å². The van der Waals surface area contributed by atoms with Crippen molar-refractivity contribution in [2.75, 3.05) is 0 Å². The van der Waals surface area contributed by atoms with Gasteiger partial charge in [0, 0.05) is 5.33 Å². The van der Waals surface area contributed by atoms with Gasteiger partial charge in [0.1, 0.15) is 5.75 Å². The monoisotopic (exact) mass is 320 g/mol. The molecule has 0 spiro atoms. The Hall–Kier alpha value is -0.0600. The number of hydrogen-bond donors (Lipinski definition) is 1. The molecule has 1 nitrogen and oxygen atoms in total. The van der Waals surface area contributed by atoms with Crippen LogP contribution in [0.25, 0.3) is 10.1 Å². The average Bonchev–Trinajstić information content (AvgIpc) is 2.60. The van der Waals surface area contributed by atoms with Crippen LogP contribution in [0.15, 0.2) is 22.0 Å². The molecule has 0 atom stereocenters. The standard InChI is InChI=1S/C9H6Br2OS/c10-4-5-3-7(12)8(11)9-6(5)1-2-13-9/h1-3,12H,4H2. The van der Waals surface area contributed by atoms with E-state index in [-0.39, 0.29) is 0 Å². The van der Waals surface area contributed by atoms with Crippen molar-refractivity contribution in [2.45, 2.75) is 5.33 Å². The molecule has 2 rings (SSSR count). The summed E-state index contributed by atoms with van der Waals surface area (Å²) in [6, 6.07) is 3.86. The Kier molecular flexibility index (Phi) is 2.62. The van der Waals surface area contributed by atoms with Crippen LogP contribution in [0.1, 0.15) is 5.56 Å². The minimum atomic E-state index is 0.310. The highest BCUT2D eigenvalue weighted by molar-refractivity contribution is 9.10. The normalized spacial score (nSPS) is 10.9. The zero-order valence-corrected chi connectivity index (χ0v) is 10.5. The predicted molar refractivity (Wildman–Crippen MR) is 63.8 cm³/mol. The van der Waals surface area contributed by atoms with E-state index in [9.17, 15) is 5.11 Å². The zero-order valence-electron chi connectivity index (χ0n) is 6.55. The van der Waals surface area contributed by atoms with Crippen molar-refractivity contribution in [3.05, 3.63) is 27.5 Å². The summed E-state index contributed by atoms with van der Waals surface area (Å²) < 4.78 is 1.90. The van der Waals surface area contributed by atoms with Gasteiger partial charge >= 0.3 is 0 Å². The van der Waals surface area contributed by atoms with Crippen LogP contribution in [0.4, 0.5) is 0 Å². The minimum Gasteiger partial charge on any atom is -0.507 e. The lowest BCUT2D eigenvalue weighted by atomic mass is 10.1. The van der Waals surface area contributed by atoms with Crippen LogP contribution in [0, 0.1) is 0 Å². The summed E-state index contributed by atoms with van der Waals surface area (Å²) in [7, 11) is 0. The van der Waals surface area contributed by atoms with E-state index < -0.39 is 0 Å². The van der Waals surface area contributed by atoms with Crippen molar-refractivity contribution >= 4 is 53.3 Å². The largest absolute Gasteiger partial charge is 0.507 e. The quantitative estimate of drug-likeness (QED) is 0.778. The van der Waals surface area contributed by atoms with Gasteiger partial charge in [-0.15, -0.1) is 11.3 Å². The third-order valence-electron chi connectivity index (χ3n) is 1.89. The second-order valence-corrected chi connectivity index (χ2v) is 4.94. The Morgan fingerprint density at radius 3 is 2.92 bits per heavy atom. The summed E-state index contributed by atoms with van der Waals surface area (Å²) in [5.41, 5.74) is 1.12. The number of phenols is 1. The molecular formula is C9H6Br2OS. The maximum Gasteiger partial charge on any atom is 0.131 e. The molecule has 13 heavy (non-hydrogen) atoms. The minimum absolute atomic E-state index is 0.310. The average molecular weight is 322 g/mol. The molecule has 0 aliphatic carbocycles. The lowest BCUT2D eigenvalue weighted by molar-refractivity contribution is 0.472. The first kappa shape index (κ1) is 9.49. The number of phenolic OH excluding ortho intramolecular Hbond substituents is 1. The molecule has 0 saturated carbocycles. The van der Waals surface area contributed by atoms with E-state index in [4.69, 9.17) is 0 Å². The molecular weight excluding hydrogens is 316 g/mol. The fourth-order valence-electron chi connectivity index (χ4n) is 1.27. The van der Waals surface area contributed by atoms with Crippen LogP contribution in [0.5, 0.6) is 5.75 Å². The molecule has 0 aliphatic rings. The van der Waals surface area contributed by atoms with Crippen molar-refractivity contribution in [1.29, 1.82) is 0 Å². The predicted octanol–water partition coefficient (Wildman–Crippen LogP) is 4.26. The molecule has 0 unspecified atom stereocenters. The number of benzene rings is 1. The summed E-state index contributed by atoms with van der Waals surface area (Å²) in [5.74, 6) is 0.310. The molecule has 1 aromatic carbocycles. The van der Waals surface area contributed by atoms with Gasteiger partial charge in [-0.05, 0) is 44.4 Å². The molecule has 0 saturated heterocycles. The molecule has 68 valence electrons. The maximum atomic E-state index is 9.59. The third-order valence-corrected chi connectivity index (χ3v) is 4.49. The van der Waals surface area contributed by atoms with E-state index in [1.807, 2.05) is 5.38 Å². The summed E-state index contributed by atoms with van der Waals surface area (Å²) >= 11 is 8.40. The van der Waals surface area contributed by atoms with Gasteiger partial charge in [-0.25, -0.2) is 0 Å². The number of hydrogen-bond acceptors (Lipinski definition) is 2. The Bertz CT molecular complexity index is 450. The summed E-state index contributed by atoms with van der Waals surface area (Å²) in [5, 5.41) is 13.6. The third kappa shape index (κ3) is 1.51. The van der Waals surface area contributed by atoms with E-state index in [0.29, 0.717) is 5.75 Å². The number of aromatic hydroxyl groups is 1. The molecule has 1 aromatic heterocycles. The van der Waals surface area contributed by atoms with E-state index in [2.05, 4.69) is 37.9 Å². The van der Waals surface area contributed by atoms with Crippen molar-refractivity contribution in [3.63, 3.8) is 0 Å². The van der Waals surface area contributed by atoms with E-state index in [0.717, 1.165) is 20.1 Å². The van der Waals surface area contributed by atoms with E-state index in [1.165, 1.54) is 5.39 Å². The maximum absolute atomic E-state index is 9.59. The second kappa shape index (κ2) is 3.59. The lowest BCUT2D eigenvalue weighted by Crippen LogP contribution is -1.79. The topological polar surface area (TPSA) is 20.2 Å². The molecule has 0 bridgehead atoms. The van der Waals surface area contributed by atoms with Gasteiger partial charge in [0.15, 0.2) is 0 Å². The molecule has 0 aliphatic heterocycles. The van der Waals surface area contributed by atoms with Crippen LogP contribution >= 0.6 is 43.2 Å². The van der Waals surface area contributed by atoms with Gasteiger partial charge < -0.3 is 5.11 Å². The lowest BCUT2D eigenvalue weighted by Gasteiger charge is -2.03. The van der Waals surface area contributed by atoms with Gasteiger partial charge in [-0.1, -0.05) is 15.9 Å². The Morgan fingerprint density at radius 1 is 1.46 bits per heavy atom. The summed E-state index contributed by atoms with van der Waals surface area (Å²) in [6.45, 7) is 0. The Labute approximate surface area is 96.6 Å². The number of alkyl halides is 1. The number of fused-ring (bicyclic) bond motifs is 1.